The van der Waals surface area contributed by atoms with Crippen LogP contribution in [0.5, 0.6) is 0 Å². The summed E-state index contributed by atoms with van der Waals surface area (Å²) in [6, 6.07) is 8.18. The van der Waals surface area contributed by atoms with Crippen molar-refractivity contribution < 1.29 is 4.74 Å². The number of nitrogens with zero attached hydrogens (tertiary/aromatic N) is 2. The van der Waals surface area contributed by atoms with Crippen LogP contribution < -0.4 is 0 Å². The van der Waals surface area contributed by atoms with Gasteiger partial charge in [0.15, 0.2) is 0 Å². The van der Waals surface area contributed by atoms with Crippen LogP contribution in [0.2, 0.25) is 0 Å². The second-order valence-corrected chi connectivity index (χ2v) is 4.53. The number of nitriles is 1. The Hall–Kier alpha value is -1.40. The molecule has 3 nitrogen and oxygen atoms in total. The molecule has 0 spiro atoms. The molecule has 78 valence electrons. The lowest BCUT2D eigenvalue weighted by Gasteiger charge is -2.48. The SMILES string of the molecule is CC(C)(C#N)C1(c2ccccn2)COC1. The van der Waals surface area contributed by atoms with E-state index in [1.54, 1.807) is 6.20 Å². The van der Waals surface area contributed by atoms with Gasteiger partial charge in [0.05, 0.1) is 35.8 Å². The fourth-order valence-corrected chi connectivity index (χ4v) is 1.89. The van der Waals surface area contributed by atoms with Gasteiger partial charge in [-0.1, -0.05) is 6.07 Å². The zero-order valence-corrected chi connectivity index (χ0v) is 9.03. The van der Waals surface area contributed by atoms with Crippen LogP contribution in [0.15, 0.2) is 24.4 Å². The summed E-state index contributed by atoms with van der Waals surface area (Å²) in [5, 5.41) is 9.22. The lowest BCUT2D eigenvalue weighted by atomic mass is 9.62. The molecule has 0 aromatic carbocycles. The first-order valence-corrected chi connectivity index (χ1v) is 5.03. The summed E-state index contributed by atoms with van der Waals surface area (Å²) in [7, 11) is 0. The summed E-state index contributed by atoms with van der Waals surface area (Å²) in [4.78, 5) is 4.36. The van der Waals surface area contributed by atoms with Gasteiger partial charge in [-0.15, -0.1) is 0 Å². The van der Waals surface area contributed by atoms with Crippen LogP contribution in [0.1, 0.15) is 19.5 Å². The van der Waals surface area contributed by atoms with Crippen LogP contribution in [0.25, 0.3) is 0 Å². The zero-order chi connectivity index (χ0) is 10.9. The molecule has 0 amide bonds. The van der Waals surface area contributed by atoms with Crippen molar-refractivity contribution in [1.29, 1.82) is 5.26 Å². The van der Waals surface area contributed by atoms with E-state index >= 15 is 0 Å². The molecular weight excluding hydrogens is 188 g/mol. The summed E-state index contributed by atoms with van der Waals surface area (Å²) >= 11 is 0. The molecule has 1 aliphatic heterocycles. The largest absolute Gasteiger partial charge is 0.379 e. The molecule has 1 aromatic rings. The number of rotatable bonds is 2. The zero-order valence-electron chi connectivity index (χ0n) is 9.03. The van der Waals surface area contributed by atoms with Crippen LogP contribution >= 0.6 is 0 Å². The Morgan fingerprint density at radius 2 is 2.20 bits per heavy atom. The Morgan fingerprint density at radius 1 is 1.47 bits per heavy atom. The van der Waals surface area contributed by atoms with E-state index in [0.29, 0.717) is 13.2 Å². The lowest BCUT2D eigenvalue weighted by Crippen LogP contribution is -2.56. The number of aromatic nitrogens is 1. The average molecular weight is 202 g/mol. The lowest BCUT2D eigenvalue weighted by molar-refractivity contribution is -0.105. The summed E-state index contributed by atoms with van der Waals surface area (Å²) in [5.41, 5.74) is 0.283. The van der Waals surface area contributed by atoms with Crippen molar-refractivity contribution in [3.8, 4) is 6.07 Å². The molecule has 1 aliphatic rings. The van der Waals surface area contributed by atoms with E-state index in [0.717, 1.165) is 5.69 Å². The molecular formula is C12H14N2O. The number of ether oxygens (including phenoxy) is 1. The van der Waals surface area contributed by atoms with Crippen LogP contribution in [-0.2, 0) is 10.2 Å². The number of hydrogen-bond donors (Lipinski definition) is 0. The highest BCUT2D eigenvalue weighted by molar-refractivity contribution is 5.28. The minimum absolute atomic E-state index is 0.233. The van der Waals surface area contributed by atoms with Gasteiger partial charge < -0.3 is 4.74 Å². The first kappa shape index (κ1) is 10.1. The summed E-state index contributed by atoms with van der Waals surface area (Å²) in [6.07, 6.45) is 1.77. The van der Waals surface area contributed by atoms with Crippen LogP contribution in [-0.4, -0.2) is 18.2 Å². The molecule has 3 heteroatoms. The third-order valence-electron chi connectivity index (χ3n) is 3.33. The van der Waals surface area contributed by atoms with E-state index in [2.05, 4.69) is 11.1 Å². The van der Waals surface area contributed by atoms with Crippen LogP contribution in [0, 0.1) is 16.7 Å². The maximum absolute atomic E-state index is 9.22. The standard InChI is InChI=1S/C12H14N2O/c1-11(2,7-13)12(8-15-9-12)10-5-3-4-6-14-10/h3-6H,8-9H2,1-2H3. The molecule has 1 saturated heterocycles. The van der Waals surface area contributed by atoms with E-state index in [1.165, 1.54) is 0 Å². The van der Waals surface area contributed by atoms with Crippen molar-refractivity contribution in [3.63, 3.8) is 0 Å². The monoisotopic (exact) mass is 202 g/mol. The van der Waals surface area contributed by atoms with Crippen LogP contribution in [0.3, 0.4) is 0 Å². The molecule has 1 fully saturated rings. The molecule has 0 aliphatic carbocycles. The van der Waals surface area contributed by atoms with Gasteiger partial charge in [0.25, 0.3) is 0 Å². The number of pyridine rings is 1. The summed E-state index contributed by atoms with van der Waals surface area (Å²) < 4.78 is 5.29. The van der Waals surface area contributed by atoms with Gasteiger partial charge in [0, 0.05) is 6.20 Å². The molecule has 1 aromatic heterocycles. The quantitative estimate of drug-likeness (QED) is 0.735. The fourth-order valence-electron chi connectivity index (χ4n) is 1.89. The highest BCUT2D eigenvalue weighted by Crippen LogP contribution is 2.45. The predicted molar refractivity (Wildman–Crippen MR) is 56.1 cm³/mol. The van der Waals surface area contributed by atoms with E-state index in [1.807, 2.05) is 32.0 Å². The second kappa shape index (κ2) is 3.32. The van der Waals surface area contributed by atoms with Crippen molar-refractivity contribution in [2.24, 2.45) is 5.41 Å². The molecule has 0 saturated carbocycles. The minimum Gasteiger partial charge on any atom is -0.379 e. The smallest absolute Gasteiger partial charge is 0.0773 e. The van der Waals surface area contributed by atoms with E-state index in [4.69, 9.17) is 4.74 Å². The van der Waals surface area contributed by atoms with Gasteiger partial charge in [-0.05, 0) is 26.0 Å². The summed E-state index contributed by atoms with van der Waals surface area (Å²) in [5.74, 6) is 0. The van der Waals surface area contributed by atoms with Crippen molar-refractivity contribution in [3.05, 3.63) is 30.1 Å². The van der Waals surface area contributed by atoms with Gasteiger partial charge in [-0.25, -0.2) is 0 Å². The van der Waals surface area contributed by atoms with E-state index in [-0.39, 0.29) is 5.41 Å². The van der Waals surface area contributed by atoms with Crippen molar-refractivity contribution in [1.82, 2.24) is 4.98 Å². The molecule has 0 unspecified atom stereocenters. The third-order valence-corrected chi connectivity index (χ3v) is 3.33. The topological polar surface area (TPSA) is 45.9 Å². The third kappa shape index (κ3) is 1.33. The predicted octanol–water partition coefficient (Wildman–Crippen LogP) is 1.90. The maximum atomic E-state index is 9.22. The Balaban J connectivity index is 2.44. The Bertz CT molecular complexity index is 388. The van der Waals surface area contributed by atoms with Gasteiger partial charge >= 0.3 is 0 Å². The minimum atomic E-state index is -0.445. The average Bonchev–Trinajstić information content (AvgIpc) is 2.17. The van der Waals surface area contributed by atoms with Crippen molar-refractivity contribution in [2.75, 3.05) is 13.2 Å². The molecule has 2 rings (SSSR count). The molecule has 0 radical (unpaired) electrons. The first-order chi connectivity index (χ1) is 7.12. The highest BCUT2D eigenvalue weighted by Gasteiger charge is 2.53. The van der Waals surface area contributed by atoms with Gasteiger partial charge in [-0.3, -0.25) is 4.98 Å². The van der Waals surface area contributed by atoms with Crippen LogP contribution in [0.4, 0.5) is 0 Å². The molecule has 0 bridgehead atoms. The summed E-state index contributed by atoms with van der Waals surface area (Å²) in [6.45, 7) is 5.07. The Kier molecular flexibility index (Phi) is 2.24. The number of hydrogen-bond acceptors (Lipinski definition) is 3. The molecule has 2 heterocycles. The molecule has 0 atom stereocenters. The first-order valence-electron chi connectivity index (χ1n) is 5.03. The normalized spacial score (nSPS) is 19.0. The second-order valence-electron chi connectivity index (χ2n) is 4.53. The maximum Gasteiger partial charge on any atom is 0.0773 e. The van der Waals surface area contributed by atoms with Crippen molar-refractivity contribution in [2.45, 2.75) is 19.3 Å². The van der Waals surface area contributed by atoms with Gasteiger partial charge in [0.1, 0.15) is 0 Å². The van der Waals surface area contributed by atoms with Crippen molar-refractivity contribution >= 4 is 0 Å². The van der Waals surface area contributed by atoms with E-state index in [9.17, 15) is 5.26 Å². The molecule has 0 N–H and O–H groups in total. The van der Waals surface area contributed by atoms with Gasteiger partial charge in [0.2, 0.25) is 0 Å². The fraction of sp³-hybridized carbons (Fsp3) is 0.500. The molecule has 15 heavy (non-hydrogen) atoms. The Labute approximate surface area is 89.7 Å². The Morgan fingerprint density at radius 3 is 2.60 bits per heavy atom. The van der Waals surface area contributed by atoms with Gasteiger partial charge in [-0.2, -0.15) is 5.26 Å². The van der Waals surface area contributed by atoms with E-state index < -0.39 is 5.41 Å². The highest BCUT2D eigenvalue weighted by atomic mass is 16.5.